The highest BCUT2D eigenvalue weighted by atomic mass is 16.2. The van der Waals surface area contributed by atoms with E-state index in [9.17, 15) is 19.2 Å². The number of carbonyl (C=O) groups excluding carboxylic acids is 4. The fourth-order valence-electron chi connectivity index (χ4n) is 3.61. The molecule has 4 amide bonds. The maximum Gasteiger partial charge on any atom is 0.242 e. The van der Waals surface area contributed by atoms with Gasteiger partial charge in [0.1, 0.15) is 12.1 Å². The molecule has 2 aliphatic heterocycles. The molecule has 0 aliphatic carbocycles. The highest BCUT2D eigenvalue weighted by Gasteiger charge is 2.23. The number of rotatable bonds is 9. The molecule has 2 atom stereocenters. The molecule has 0 radical (unpaired) electrons. The predicted molar refractivity (Wildman–Crippen MR) is 105 cm³/mol. The quantitative estimate of drug-likeness (QED) is 0.435. The van der Waals surface area contributed by atoms with Crippen molar-refractivity contribution in [2.75, 3.05) is 13.1 Å². The molecule has 2 heterocycles. The number of carbonyl (C=O) groups is 4. The van der Waals surface area contributed by atoms with Crippen molar-refractivity contribution in [3.8, 4) is 0 Å². The first-order chi connectivity index (χ1) is 13.6. The van der Waals surface area contributed by atoms with E-state index in [-0.39, 0.29) is 23.6 Å². The minimum Gasteiger partial charge on any atom is -0.354 e. The minimum atomic E-state index is -0.394. The first-order valence-electron chi connectivity index (χ1n) is 10.7. The average Bonchev–Trinajstić information content (AvgIpc) is 3.03. The maximum atomic E-state index is 12.1. The van der Waals surface area contributed by atoms with Gasteiger partial charge in [0.25, 0.3) is 0 Å². The number of hydrogen-bond donors (Lipinski definition) is 4. The molecule has 0 spiro atoms. The molecule has 8 nitrogen and oxygen atoms in total. The van der Waals surface area contributed by atoms with Crippen LogP contribution in [0.4, 0.5) is 0 Å². The van der Waals surface area contributed by atoms with Crippen molar-refractivity contribution in [2.24, 2.45) is 0 Å². The monoisotopic (exact) mass is 394 g/mol. The SMILES string of the molecule is O=C1CCCCC(C(=O)NCCCCCCNC(=O)C2CCCCC(=O)N2)N1. The van der Waals surface area contributed by atoms with Gasteiger partial charge in [-0.1, -0.05) is 25.7 Å². The molecule has 2 unspecified atom stereocenters. The van der Waals surface area contributed by atoms with Crippen LogP contribution in [0.2, 0.25) is 0 Å². The van der Waals surface area contributed by atoms with Crippen LogP contribution >= 0.6 is 0 Å². The van der Waals surface area contributed by atoms with Crippen molar-refractivity contribution >= 4 is 23.6 Å². The second kappa shape index (κ2) is 12.4. The summed E-state index contributed by atoms with van der Waals surface area (Å²) in [4.78, 5) is 47.2. The van der Waals surface area contributed by atoms with Gasteiger partial charge in [0.2, 0.25) is 23.6 Å². The van der Waals surface area contributed by atoms with Gasteiger partial charge in [0.05, 0.1) is 0 Å². The van der Waals surface area contributed by atoms with E-state index in [4.69, 9.17) is 0 Å². The fraction of sp³-hybridized carbons (Fsp3) is 0.800. The Balaban J connectivity index is 1.48. The Morgan fingerprint density at radius 3 is 1.57 bits per heavy atom. The van der Waals surface area contributed by atoms with Crippen LogP contribution < -0.4 is 21.3 Å². The minimum absolute atomic E-state index is 0.0388. The van der Waals surface area contributed by atoms with Crippen LogP contribution in [0.5, 0.6) is 0 Å². The molecule has 0 saturated carbocycles. The molecule has 0 aromatic rings. The zero-order valence-electron chi connectivity index (χ0n) is 16.7. The summed E-state index contributed by atoms with van der Waals surface area (Å²) in [5.74, 6) is -0.257. The summed E-state index contributed by atoms with van der Waals surface area (Å²) in [6.07, 6.45) is 9.59. The van der Waals surface area contributed by atoms with Gasteiger partial charge in [-0.15, -0.1) is 0 Å². The lowest BCUT2D eigenvalue weighted by molar-refractivity contribution is -0.128. The lowest BCUT2D eigenvalue weighted by Gasteiger charge is -2.16. The predicted octanol–water partition coefficient (Wildman–Crippen LogP) is 0.897. The maximum absolute atomic E-state index is 12.1. The molecular weight excluding hydrogens is 360 g/mol. The van der Waals surface area contributed by atoms with Crippen molar-refractivity contribution in [2.45, 2.75) is 89.1 Å². The second-order valence-electron chi connectivity index (χ2n) is 7.73. The van der Waals surface area contributed by atoms with Crippen LogP contribution in [-0.2, 0) is 19.2 Å². The third-order valence-corrected chi connectivity index (χ3v) is 5.30. The average molecular weight is 395 g/mol. The number of nitrogens with one attached hydrogen (secondary N) is 4. The summed E-state index contributed by atoms with van der Waals surface area (Å²) in [5, 5.41) is 11.3. The van der Waals surface area contributed by atoms with Gasteiger partial charge in [-0.05, 0) is 38.5 Å². The van der Waals surface area contributed by atoms with Crippen molar-refractivity contribution in [3.63, 3.8) is 0 Å². The van der Waals surface area contributed by atoms with Crippen LogP contribution in [0, 0.1) is 0 Å². The van der Waals surface area contributed by atoms with Crippen LogP contribution in [0.1, 0.15) is 77.0 Å². The second-order valence-corrected chi connectivity index (χ2v) is 7.73. The molecular formula is C20H34N4O4. The smallest absolute Gasteiger partial charge is 0.242 e. The highest BCUT2D eigenvalue weighted by Crippen LogP contribution is 2.10. The Morgan fingerprint density at radius 1 is 0.714 bits per heavy atom. The van der Waals surface area contributed by atoms with Crippen molar-refractivity contribution in [3.05, 3.63) is 0 Å². The Bertz CT molecular complexity index is 504. The molecule has 158 valence electrons. The van der Waals surface area contributed by atoms with E-state index in [0.29, 0.717) is 38.8 Å². The van der Waals surface area contributed by atoms with Crippen molar-refractivity contribution in [1.82, 2.24) is 21.3 Å². The molecule has 8 heteroatoms. The van der Waals surface area contributed by atoms with Gasteiger partial charge in [0, 0.05) is 25.9 Å². The summed E-state index contributed by atoms with van der Waals surface area (Å²) in [7, 11) is 0. The zero-order valence-corrected chi connectivity index (χ0v) is 16.7. The molecule has 2 rings (SSSR count). The topological polar surface area (TPSA) is 116 Å². The van der Waals surface area contributed by atoms with Gasteiger partial charge in [-0.25, -0.2) is 0 Å². The van der Waals surface area contributed by atoms with Gasteiger partial charge in [-0.3, -0.25) is 19.2 Å². The molecule has 0 bridgehead atoms. The molecule has 4 N–H and O–H groups in total. The first kappa shape index (κ1) is 22.2. The van der Waals surface area contributed by atoms with Crippen molar-refractivity contribution < 1.29 is 19.2 Å². The normalized spacial score (nSPS) is 23.0. The van der Waals surface area contributed by atoms with Crippen LogP contribution in [0.25, 0.3) is 0 Å². The molecule has 0 aromatic carbocycles. The summed E-state index contributed by atoms with van der Waals surface area (Å²) in [5.41, 5.74) is 0. The van der Waals surface area contributed by atoms with E-state index < -0.39 is 12.1 Å². The van der Waals surface area contributed by atoms with E-state index in [1.54, 1.807) is 0 Å². The van der Waals surface area contributed by atoms with Gasteiger partial charge < -0.3 is 21.3 Å². The summed E-state index contributed by atoms with van der Waals surface area (Å²) in [6, 6.07) is -0.788. The van der Waals surface area contributed by atoms with E-state index in [1.165, 1.54) is 0 Å². The Hall–Kier alpha value is -2.12. The van der Waals surface area contributed by atoms with E-state index in [1.807, 2.05) is 0 Å². The third-order valence-electron chi connectivity index (χ3n) is 5.30. The Kier molecular flexibility index (Phi) is 9.79. The van der Waals surface area contributed by atoms with Crippen LogP contribution in [0.15, 0.2) is 0 Å². The Morgan fingerprint density at radius 2 is 1.14 bits per heavy atom. The number of unbranched alkanes of at least 4 members (excludes halogenated alkanes) is 3. The molecule has 2 aliphatic rings. The zero-order chi connectivity index (χ0) is 20.2. The van der Waals surface area contributed by atoms with Crippen molar-refractivity contribution in [1.29, 1.82) is 0 Å². The molecule has 0 aromatic heterocycles. The van der Waals surface area contributed by atoms with Crippen LogP contribution in [-0.4, -0.2) is 48.8 Å². The largest absolute Gasteiger partial charge is 0.354 e. The lowest BCUT2D eigenvalue weighted by atomic mass is 10.1. The lowest BCUT2D eigenvalue weighted by Crippen LogP contribution is -2.46. The number of hydrogen-bond acceptors (Lipinski definition) is 4. The highest BCUT2D eigenvalue weighted by molar-refractivity contribution is 5.88. The summed E-state index contributed by atoms with van der Waals surface area (Å²) < 4.78 is 0. The summed E-state index contributed by atoms with van der Waals surface area (Å²) >= 11 is 0. The molecule has 28 heavy (non-hydrogen) atoms. The van der Waals surface area contributed by atoms with E-state index in [0.717, 1.165) is 51.4 Å². The van der Waals surface area contributed by atoms with Gasteiger partial charge >= 0.3 is 0 Å². The number of amides is 4. The summed E-state index contributed by atoms with van der Waals surface area (Å²) in [6.45, 7) is 1.21. The first-order valence-corrected chi connectivity index (χ1v) is 10.7. The van der Waals surface area contributed by atoms with E-state index >= 15 is 0 Å². The van der Waals surface area contributed by atoms with E-state index in [2.05, 4.69) is 21.3 Å². The van der Waals surface area contributed by atoms with Gasteiger partial charge in [-0.2, -0.15) is 0 Å². The fourth-order valence-corrected chi connectivity index (χ4v) is 3.61. The Labute approximate surface area is 167 Å². The third kappa shape index (κ3) is 8.27. The van der Waals surface area contributed by atoms with Gasteiger partial charge in [0.15, 0.2) is 0 Å². The molecule has 2 fully saturated rings. The standard InChI is InChI=1S/C20H34N4O4/c25-17-11-5-3-9-15(23-17)19(27)21-13-7-1-2-8-14-22-20(28)16-10-4-6-12-18(26)24-16/h15-16H,1-14H2,(H,21,27)(H,22,28)(H,23,25)(H,24,26). The molecule has 2 saturated heterocycles. The van der Waals surface area contributed by atoms with Crippen LogP contribution in [0.3, 0.4) is 0 Å².